The fourth-order valence-corrected chi connectivity index (χ4v) is 2.67. The lowest BCUT2D eigenvalue weighted by Crippen LogP contribution is -2.23. The Bertz CT molecular complexity index is 915. The third-order valence-corrected chi connectivity index (χ3v) is 4.07. The number of nitrogens with one attached hydrogen (secondary N) is 1. The van der Waals surface area contributed by atoms with Crippen LogP contribution in [0, 0.1) is 6.92 Å². The molecule has 0 unspecified atom stereocenters. The standard InChI is InChI=1S/C19H21N3O3/c1-12-14-6-5-7-15(24-4)18(14)25-17(12)19(23)21-11-13-8-9-20-16(10-13)22(2)3/h5-10H,11H2,1-4H3,(H,21,23). The van der Waals surface area contributed by atoms with Crippen LogP contribution in [0.25, 0.3) is 11.0 Å². The molecule has 3 aromatic rings. The van der Waals surface area contributed by atoms with Crippen molar-refractivity contribution >= 4 is 22.7 Å². The van der Waals surface area contributed by atoms with E-state index in [0.29, 0.717) is 23.6 Å². The molecule has 2 heterocycles. The van der Waals surface area contributed by atoms with Crippen LogP contribution in [0.3, 0.4) is 0 Å². The molecule has 0 spiro atoms. The SMILES string of the molecule is COc1cccc2c(C)c(C(=O)NCc3ccnc(N(C)C)c3)oc12. The van der Waals surface area contributed by atoms with Gasteiger partial charge in [0.15, 0.2) is 17.1 Å². The van der Waals surface area contributed by atoms with Crippen molar-refractivity contribution in [1.82, 2.24) is 10.3 Å². The second-order valence-electron chi connectivity index (χ2n) is 5.99. The number of furan rings is 1. The summed E-state index contributed by atoms with van der Waals surface area (Å²) in [6, 6.07) is 9.42. The number of pyridine rings is 1. The van der Waals surface area contributed by atoms with E-state index in [2.05, 4.69) is 10.3 Å². The summed E-state index contributed by atoms with van der Waals surface area (Å²) in [4.78, 5) is 18.7. The summed E-state index contributed by atoms with van der Waals surface area (Å²) < 4.78 is 11.1. The summed E-state index contributed by atoms with van der Waals surface area (Å²) in [7, 11) is 5.43. The van der Waals surface area contributed by atoms with Gasteiger partial charge in [-0.05, 0) is 30.7 Å². The Morgan fingerprint density at radius 1 is 1.32 bits per heavy atom. The lowest BCUT2D eigenvalue weighted by atomic mass is 10.1. The van der Waals surface area contributed by atoms with Crippen molar-refractivity contribution in [3.8, 4) is 5.75 Å². The van der Waals surface area contributed by atoms with Gasteiger partial charge in [0.05, 0.1) is 7.11 Å². The molecule has 0 radical (unpaired) electrons. The summed E-state index contributed by atoms with van der Waals surface area (Å²) in [5, 5.41) is 3.78. The van der Waals surface area contributed by atoms with Gasteiger partial charge in [0, 0.05) is 37.8 Å². The molecule has 2 aromatic heterocycles. The zero-order valence-electron chi connectivity index (χ0n) is 14.8. The molecule has 130 valence electrons. The number of rotatable bonds is 5. The predicted octanol–water partition coefficient (Wildman–Crippen LogP) is 3.14. The fraction of sp³-hybridized carbons (Fsp3) is 0.263. The van der Waals surface area contributed by atoms with Crippen molar-refractivity contribution in [2.45, 2.75) is 13.5 Å². The normalized spacial score (nSPS) is 10.7. The van der Waals surface area contributed by atoms with Crippen LogP contribution < -0.4 is 15.0 Å². The summed E-state index contributed by atoms with van der Waals surface area (Å²) >= 11 is 0. The van der Waals surface area contributed by atoms with Crippen molar-refractivity contribution in [3.63, 3.8) is 0 Å². The van der Waals surface area contributed by atoms with Gasteiger partial charge in [-0.15, -0.1) is 0 Å². The van der Waals surface area contributed by atoms with Gasteiger partial charge in [-0.25, -0.2) is 4.98 Å². The van der Waals surface area contributed by atoms with Crippen molar-refractivity contribution in [1.29, 1.82) is 0 Å². The van der Waals surface area contributed by atoms with Crippen LogP contribution in [0.1, 0.15) is 21.7 Å². The molecule has 1 N–H and O–H groups in total. The molecule has 0 bridgehead atoms. The van der Waals surface area contributed by atoms with Gasteiger partial charge >= 0.3 is 0 Å². The van der Waals surface area contributed by atoms with E-state index in [1.54, 1.807) is 13.3 Å². The zero-order chi connectivity index (χ0) is 18.0. The Balaban J connectivity index is 1.81. The summed E-state index contributed by atoms with van der Waals surface area (Å²) in [6.45, 7) is 2.27. The molecule has 3 rings (SSSR count). The maximum Gasteiger partial charge on any atom is 0.287 e. The van der Waals surface area contributed by atoms with Gasteiger partial charge in [0.1, 0.15) is 5.82 Å². The first kappa shape index (κ1) is 16.8. The molecule has 1 amide bonds. The molecule has 0 saturated carbocycles. The van der Waals surface area contributed by atoms with Crippen LogP contribution in [0.15, 0.2) is 40.9 Å². The van der Waals surface area contributed by atoms with E-state index in [4.69, 9.17) is 9.15 Å². The highest BCUT2D eigenvalue weighted by atomic mass is 16.5. The molecule has 25 heavy (non-hydrogen) atoms. The number of amides is 1. The minimum absolute atomic E-state index is 0.251. The third kappa shape index (κ3) is 3.28. The molecule has 0 saturated heterocycles. The van der Waals surface area contributed by atoms with Crippen LogP contribution in [0.4, 0.5) is 5.82 Å². The number of carbonyl (C=O) groups is 1. The van der Waals surface area contributed by atoms with E-state index in [-0.39, 0.29) is 5.91 Å². The second kappa shape index (κ2) is 6.84. The van der Waals surface area contributed by atoms with E-state index in [1.165, 1.54) is 0 Å². The molecule has 0 aliphatic rings. The maximum absolute atomic E-state index is 12.6. The second-order valence-corrected chi connectivity index (χ2v) is 5.99. The first-order valence-electron chi connectivity index (χ1n) is 7.98. The van der Waals surface area contributed by atoms with Crippen LogP contribution in [0.5, 0.6) is 5.75 Å². The molecule has 6 nitrogen and oxygen atoms in total. The first-order valence-corrected chi connectivity index (χ1v) is 7.98. The van der Waals surface area contributed by atoms with Crippen LogP contribution in [-0.2, 0) is 6.54 Å². The molecule has 0 fully saturated rings. The van der Waals surface area contributed by atoms with E-state index in [0.717, 1.165) is 22.3 Å². The van der Waals surface area contributed by atoms with E-state index in [1.807, 2.05) is 56.3 Å². The molecule has 6 heteroatoms. The van der Waals surface area contributed by atoms with Gasteiger partial charge in [-0.1, -0.05) is 12.1 Å². The van der Waals surface area contributed by atoms with E-state index in [9.17, 15) is 4.79 Å². The number of ether oxygens (including phenoxy) is 1. The summed E-state index contributed by atoms with van der Waals surface area (Å²) in [6.07, 6.45) is 1.73. The van der Waals surface area contributed by atoms with E-state index >= 15 is 0 Å². The Kier molecular flexibility index (Phi) is 4.61. The number of fused-ring (bicyclic) bond motifs is 1. The molecule has 0 atom stereocenters. The number of benzene rings is 1. The number of anilines is 1. The first-order chi connectivity index (χ1) is 12.0. The highest BCUT2D eigenvalue weighted by molar-refractivity contribution is 6.00. The summed E-state index contributed by atoms with van der Waals surface area (Å²) in [5.41, 5.74) is 2.36. The van der Waals surface area contributed by atoms with Crippen LogP contribution in [0.2, 0.25) is 0 Å². The minimum atomic E-state index is -0.251. The van der Waals surface area contributed by atoms with Crippen LogP contribution in [-0.4, -0.2) is 32.1 Å². The lowest BCUT2D eigenvalue weighted by Gasteiger charge is -2.12. The maximum atomic E-state index is 12.6. The van der Waals surface area contributed by atoms with Crippen LogP contribution >= 0.6 is 0 Å². The average molecular weight is 339 g/mol. The molecule has 1 aromatic carbocycles. The highest BCUT2D eigenvalue weighted by Gasteiger charge is 2.19. The third-order valence-electron chi connectivity index (χ3n) is 4.07. The summed E-state index contributed by atoms with van der Waals surface area (Å²) in [5.74, 6) is 1.51. The van der Waals surface area contributed by atoms with Gasteiger partial charge in [0.2, 0.25) is 0 Å². The topological polar surface area (TPSA) is 67.6 Å². The minimum Gasteiger partial charge on any atom is -0.493 e. The molecule has 0 aliphatic heterocycles. The van der Waals surface area contributed by atoms with Gasteiger partial charge in [-0.2, -0.15) is 0 Å². The predicted molar refractivity (Wildman–Crippen MR) is 97.2 cm³/mol. The van der Waals surface area contributed by atoms with Crippen molar-refractivity contribution in [2.24, 2.45) is 0 Å². The largest absolute Gasteiger partial charge is 0.493 e. The Hall–Kier alpha value is -3.02. The van der Waals surface area contributed by atoms with Gasteiger partial charge < -0.3 is 19.4 Å². The number of aryl methyl sites for hydroxylation is 1. The quantitative estimate of drug-likeness (QED) is 0.773. The molecular weight excluding hydrogens is 318 g/mol. The number of methoxy groups -OCH3 is 1. The molecular formula is C19H21N3O3. The van der Waals surface area contributed by atoms with E-state index < -0.39 is 0 Å². The molecule has 0 aliphatic carbocycles. The Morgan fingerprint density at radius 3 is 2.84 bits per heavy atom. The number of aromatic nitrogens is 1. The average Bonchev–Trinajstić information content (AvgIpc) is 2.97. The highest BCUT2D eigenvalue weighted by Crippen LogP contribution is 2.32. The number of carbonyl (C=O) groups excluding carboxylic acids is 1. The Morgan fingerprint density at radius 2 is 2.12 bits per heavy atom. The van der Waals surface area contributed by atoms with Crippen molar-refractivity contribution < 1.29 is 13.9 Å². The Labute approximate surface area is 146 Å². The van der Waals surface area contributed by atoms with Crippen molar-refractivity contribution in [2.75, 3.05) is 26.1 Å². The smallest absolute Gasteiger partial charge is 0.287 e. The lowest BCUT2D eigenvalue weighted by molar-refractivity contribution is 0.0924. The number of para-hydroxylation sites is 1. The monoisotopic (exact) mass is 339 g/mol. The zero-order valence-corrected chi connectivity index (χ0v) is 14.8. The fourth-order valence-electron chi connectivity index (χ4n) is 2.67. The van der Waals surface area contributed by atoms with Crippen molar-refractivity contribution in [3.05, 3.63) is 53.4 Å². The number of hydrogen-bond donors (Lipinski definition) is 1. The number of hydrogen-bond acceptors (Lipinski definition) is 5. The van der Waals surface area contributed by atoms with Gasteiger partial charge in [0.25, 0.3) is 5.91 Å². The number of nitrogens with zero attached hydrogens (tertiary/aromatic N) is 2. The van der Waals surface area contributed by atoms with Gasteiger partial charge in [-0.3, -0.25) is 4.79 Å².